The number of nitrogens with two attached hydrogens (primary N) is 1. The van der Waals surface area contributed by atoms with E-state index in [0.717, 1.165) is 13.0 Å². The van der Waals surface area contributed by atoms with Crippen LogP contribution in [0.5, 0.6) is 0 Å². The van der Waals surface area contributed by atoms with Crippen molar-refractivity contribution >= 4 is 0 Å². The van der Waals surface area contributed by atoms with Gasteiger partial charge in [0.15, 0.2) is 0 Å². The molecule has 1 saturated heterocycles. The number of rotatable bonds is 2. The van der Waals surface area contributed by atoms with Crippen molar-refractivity contribution in [2.75, 3.05) is 13.2 Å². The summed E-state index contributed by atoms with van der Waals surface area (Å²) in [5, 5.41) is 9.34. The van der Waals surface area contributed by atoms with E-state index in [1.807, 2.05) is 0 Å². The van der Waals surface area contributed by atoms with E-state index in [0.29, 0.717) is 6.54 Å². The molecule has 1 rings (SSSR count). The van der Waals surface area contributed by atoms with Gasteiger partial charge >= 0.3 is 0 Å². The van der Waals surface area contributed by atoms with E-state index in [2.05, 4.69) is 13.8 Å². The molecular formula is C8H17NO2. The van der Waals surface area contributed by atoms with E-state index in [9.17, 15) is 5.11 Å². The van der Waals surface area contributed by atoms with Gasteiger partial charge in [-0.15, -0.1) is 0 Å². The first-order chi connectivity index (χ1) is 5.05. The highest BCUT2D eigenvalue weighted by Crippen LogP contribution is 2.32. The van der Waals surface area contributed by atoms with E-state index in [1.54, 1.807) is 0 Å². The van der Waals surface area contributed by atoms with Crippen molar-refractivity contribution in [2.24, 2.45) is 11.1 Å². The van der Waals surface area contributed by atoms with Gasteiger partial charge in [-0.3, -0.25) is 0 Å². The summed E-state index contributed by atoms with van der Waals surface area (Å²) in [4.78, 5) is 0. The Kier molecular flexibility index (Phi) is 2.52. The van der Waals surface area contributed by atoms with Crippen LogP contribution in [0.15, 0.2) is 0 Å². The third-order valence-electron chi connectivity index (χ3n) is 2.11. The second-order valence-corrected chi connectivity index (χ2v) is 4.02. The van der Waals surface area contributed by atoms with E-state index >= 15 is 0 Å². The quantitative estimate of drug-likeness (QED) is 0.601. The zero-order chi connectivity index (χ0) is 8.48. The van der Waals surface area contributed by atoms with E-state index in [1.165, 1.54) is 0 Å². The van der Waals surface area contributed by atoms with Crippen molar-refractivity contribution in [1.82, 2.24) is 0 Å². The lowest BCUT2D eigenvalue weighted by atomic mass is 9.89. The molecule has 0 amide bonds. The first kappa shape index (κ1) is 8.97. The monoisotopic (exact) mass is 159 g/mol. The molecule has 0 aromatic carbocycles. The molecule has 3 nitrogen and oxygen atoms in total. The number of aliphatic hydroxyl groups is 1. The molecule has 0 aliphatic carbocycles. The highest BCUT2D eigenvalue weighted by molar-refractivity contribution is 4.84. The predicted molar refractivity (Wildman–Crippen MR) is 43.2 cm³/mol. The van der Waals surface area contributed by atoms with Gasteiger partial charge in [-0.2, -0.15) is 0 Å². The van der Waals surface area contributed by atoms with Crippen molar-refractivity contribution in [3.05, 3.63) is 0 Å². The normalized spacial score (nSPS) is 32.2. The first-order valence-electron chi connectivity index (χ1n) is 4.05. The molecule has 0 radical (unpaired) electrons. The second-order valence-electron chi connectivity index (χ2n) is 4.02. The van der Waals surface area contributed by atoms with Gasteiger partial charge in [0.1, 0.15) is 0 Å². The highest BCUT2D eigenvalue weighted by atomic mass is 16.5. The molecule has 3 heteroatoms. The smallest absolute Gasteiger partial charge is 0.0923 e. The Balaban J connectivity index is 2.41. The molecule has 66 valence electrons. The van der Waals surface area contributed by atoms with Gasteiger partial charge in [0, 0.05) is 6.54 Å². The van der Waals surface area contributed by atoms with Gasteiger partial charge in [-0.25, -0.2) is 0 Å². The third kappa shape index (κ3) is 2.15. The lowest BCUT2D eigenvalue weighted by molar-refractivity contribution is 0.00210. The van der Waals surface area contributed by atoms with Crippen LogP contribution in [0.2, 0.25) is 0 Å². The fourth-order valence-corrected chi connectivity index (χ4v) is 1.39. The molecule has 11 heavy (non-hydrogen) atoms. The fraction of sp³-hybridized carbons (Fsp3) is 1.00. The molecule has 1 aliphatic rings. The van der Waals surface area contributed by atoms with Crippen LogP contribution in [0.25, 0.3) is 0 Å². The van der Waals surface area contributed by atoms with Crippen LogP contribution in [0.1, 0.15) is 20.3 Å². The average Bonchev–Trinajstić information content (AvgIpc) is 2.29. The summed E-state index contributed by atoms with van der Waals surface area (Å²) >= 11 is 0. The molecule has 0 spiro atoms. The Labute approximate surface area is 67.5 Å². The van der Waals surface area contributed by atoms with Crippen LogP contribution in [-0.2, 0) is 4.74 Å². The lowest BCUT2D eigenvalue weighted by Gasteiger charge is -2.16. The largest absolute Gasteiger partial charge is 0.389 e. The van der Waals surface area contributed by atoms with Crippen molar-refractivity contribution in [3.63, 3.8) is 0 Å². The van der Waals surface area contributed by atoms with Gasteiger partial charge < -0.3 is 15.6 Å². The van der Waals surface area contributed by atoms with Crippen molar-refractivity contribution < 1.29 is 9.84 Å². The SMILES string of the molecule is CC1(C)CO[C@@H]([C@H](O)CN)C1. The maximum Gasteiger partial charge on any atom is 0.0923 e. The van der Waals surface area contributed by atoms with Gasteiger partial charge in [0.25, 0.3) is 0 Å². The maximum absolute atomic E-state index is 9.34. The molecule has 0 unspecified atom stereocenters. The minimum Gasteiger partial charge on any atom is -0.389 e. The minimum absolute atomic E-state index is 0.0463. The standard InChI is InChI=1S/C8H17NO2/c1-8(2)3-7(11-5-8)6(10)4-9/h6-7,10H,3-5,9H2,1-2H3/t6-,7-/m1/s1. The molecule has 0 bridgehead atoms. The predicted octanol–water partition coefficient (Wildman–Crippen LogP) is 0.121. The van der Waals surface area contributed by atoms with Crippen molar-refractivity contribution in [2.45, 2.75) is 32.5 Å². The second kappa shape index (κ2) is 3.09. The molecule has 0 aromatic rings. The molecule has 2 atom stereocenters. The van der Waals surface area contributed by atoms with Gasteiger partial charge in [0.2, 0.25) is 0 Å². The van der Waals surface area contributed by atoms with Crippen molar-refractivity contribution in [1.29, 1.82) is 0 Å². The molecule has 0 aromatic heterocycles. The van der Waals surface area contributed by atoms with Crippen LogP contribution in [-0.4, -0.2) is 30.5 Å². The summed E-state index contributed by atoms with van der Waals surface area (Å²) in [6.45, 7) is 5.29. The Bertz CT molecular complexity index is 136. The van der Waals surface area contributed by atoms with E-state index in [4.69, 9.17) is 10.5 Å². The zero-order valence-electron chi connectivity index (χ0n) is 7.21. The molecule has 0 saturated carbocycles. The summed E-state index contributed by atoms with van der Waals surface area (Å²) in [6, 6.07) is 0. The third-order valence-corrected chi connectivity index (χ3v) is 2.11. The lowest BCUT2D eigenvalue weighted by Crippen LogP contribution is -2.33. The van der Waals surface area contributed by atoms with E-state index in [-0.39, 0.29) is 11.5 Å². The van der Waals surface area contributed by atoms with Crippen LogP contribution in [0.3, 0.4) is 0 Å². The van der Waals surface area contributed by atoms with E-state index < -0.39 is 6.10 Å². The van der Waals surface area contributed by atoms with Crippen LogP contribution in [0.4, 0.5) is 0 Å². The summed E-state index contributed by atoms with van der Waals surface area (Å²) in [5.41, 5.74) is 5.52. The molecular weight excluding hydrogens is 142 g/mol. The van der Waals surface area contributed by atoms with Crippen LogP contribution >= 0.6 is 0 Å². The summed E-state index contributed by atoms with van der Waals surface area (Å²) in [6.07, 6.45) is 0.373. The van der Waals surface area contributed by atoms with Crippen LogP contribution < -0.4 is 5.73 Å². The Morgan fingerprint density at radius 3 is 2.73 bits per heavy atom. The average molecular weight is 159 g/mol. The summed E-state index contributed by atoms with van der Waals surface area (Å²) in [7, 11) is 0. The highest BCUT2D eigenvalue weighted by Gasteiger charge is 2.35. The van der Waals surface area contributed by atoms with Gasteiger partial charge in [0.05, 0.1) is 18.8 Å². The van der Waals surface area contributed by atoms with Gasteiger partial charge in [-0.05, 0) is 11.8 Å². The number of hydrogen-bond donors (Lipinski definition) is 2. The topological polar surface area (TPSA) is 55.5 Å². The molecule has 1 heterocycles. The minimum atomic E-state index is -0.489. The Morgan fingerprint density at radius 2 is 2.36 bits per heavy atom. The molecule has 3 N–H and O–H groups in total. The summed E-state index contributed by atoms with van der Waals surface area (Å²) in [5.74, 6) is 0. The number of ether oxygens (including phenoxy) is 1. The molecule has 1 aliphatic heterocycles. The maximum atomic E-state index is 9.34. The first-order valence-corrected chi connectivity index (χ1v) is 4.05. The number of aliphatic hydroxyl groups excluding tert-OH is 1. The van der Waals surface area contributed by atoms with Gasteiger partial charge in [-0.1, -0.05) is 13.8 Å². The Hall–Kier alpha value is -0.120. The number of hydrogen-bond acceptors (Lipinski definition) is 3. The zero-order valence-corrected chi connectivity index (χ0v) is 7.21. The fourth-order valence-electron chi connectivity index (χ4n) is 1.39. The van der Waals surface area contributed by atoms with Crippen LogP contribution in [0, 0.1) is 5.41 Å². The summed E-state index contributed by atoms with van der Waals surface area (Å²) < 4.78 is 5.39. The Morgan fingerprint density at radius 1 is 1.73 bits per heavy atom. The molecule has 1 fully saturated rings. The van der Waals surface area contributed by atoms with Crippen molar-refractivity contribution in [3.8, 4) is 0 Å².